The molecule has 0 radical (unpaired) electrons. The number of carbonyl (C=O) groups is 1. The van der Waals surface area contributed by atoms with Crippen molar-refractivity contribution in [2.75, 3.05) is 17.7 Å². The third-order valence-electron chi connectivity index (χ3n) is 5.19. The van der Waals surface area contributed by atoms with Crippen molar-refractivity contribution >= 4 is 22.9 Å². The minimum absolute atomic E-state index is 0.108. The molecule has 2 atom stereocenters. The van der Waals surface area contributed by atoms with Gasteiger partial charge in [-0.2, -0.15) is 9.97 Å². The van der Waals surface area contributed by atoms with E-state index in [1.807, 2.05) is 0 Å². The minimum Gasteiger partial charge on any atom is -0.609 e. The van der Waals surface area contributed by atoms with Crippen LogP contribution in [0, 0.1) is 0 Å². The van der Waals surface area contributed by atoms with E-state index in [1.165, 1.54) is 12.8 Å². The molecule has 6 nitrogen and oxygen atoms in total. The molecule has 1 saturated heterocycles. The number of amides is 1. The van der Waals surface area contributed by atoms with Crippen LogP contribution >= 0.6 is 0 Å². The van der Waals surface area contributed by atoms with Crippen molar-refractivity contribution < 1.29 is 9.35 Å². The fraction of sp³-hybridized carbons (Fsp3) is 0.667. The molecule has 2 aliphatic heterocycles. The summed E-state index contributed by atoms with van der Waals surface area (Å²) in [5.41, 5.74) is 0.512. The Kier molecular flexibility index (Phi) is 3.30. The zero-order chi connectivity index (χ0) is 15.3. The number of rotatable bonds is 2. The molecule has 1 unspecified atom stereocenters. The van der Waals surface area contributed by atoms with Crippen LogP contribution in [0.1, 0.15) is 37.7 Å². The van der Waals surface area contributed by atoms with Gasteiger partial charge in [0.1, 0.15) is 17.6 Å². The van der Waals surface area contributed by atoms with E-state index in [9.17, 15) is 9.35 Å². The average Bonchev–Trinajstić information content (AvgIpc) is 3.18. The molecule has 1 spiro atoms. The summed E-state index contributed by atoms with van der Waals surface area (Å²) in [6.45, 7) is 0.718. The fourth-order valence-corrected chi connectivity index (χ4v) is 4.62. The Morgan fingerprint density at radius 1 is 1.45 bits per heavy atom. The van der Waals surface area contributed by atoms with Gasteiger partial charge in [0.25, 0.3) is 0 Å². The second-order valence-corrected chi connectivity index (χ2v) is 7.75. The summed E-state index contributed by atoms with van der Waals surface area (Å²) in [6.07, 6.45) is 9.43. The predicted octanol–water partition coefficient (Wildman–Crippen LogP) is 0.778. The van der Waals surface area contributed by atoms with E-state index in [1.54, 1.807) is 12.5 Å². The molecule has 3 aliphatic rings. The zero-order valence-corrected chi connectivity index (χ0v) is 13.5. The maximum absolute atomic E-state index is 12.6. The maximum Gasteiger partial charge on any atom is 0.344 e. The van der Waals surface area contributed by atoms with Crippen LogP contribution in [0.15, 0.2) is 11.4 Å². The van der Waals surface area contributed by atoms with Crippen LogP contribution < -0.4 is 10.2 Å². The molecule has 2 fully saturated rings. The van der Waals surface area contributed by atoms with Crippen molar-refractivity contribution in [3.05, 3.63) is 11.8 Å². The Balaban J connectivity index is 1.82. The van der Waals surface area contributed by atoms with Crippen molar-refractivity contribution in [1.29, 1.82) is 0 Å². The summed E-state index contributed by atoms with van der Waals surface area (Å²) in [5.74, 6) is 0.945. The lowest BCUT2D eigenvalue weighted by molar-refractivity contribution is -0.123. The van der Waals surface area contributed by atoms with Crippen LogP contribution in [-0.4, -0.2) is 44.8 Å². The van der Waals surface area contributed by atoms with Crippen molar-refractivity contribution in [2.45, 2.75) is 55.3 Å². The van der Waals surface area contributed by atoms with E-state index in [4.69, 9.17) is 0 Å². The summed E-state index contributed by atoms with van der Waals surface area (Å²) in [6, 6.07) is 0.359. The molecule has 1 N–H and O–H groups in total. The van der Waals surface area contributed by atoms with Crippen molar-refractivity contribution in [1.82, 2.24) is 15.3 Å². The molecule has 1 aromatic rings. The molecule has 118 valence electrons. The van der Waals surface area contributed by atoms with Crippen LogP contribution in [0.25, 0.3) is 0 Å². The van der Waals surface area contributed by atoms with Gasteiger partial charge in [-0.05, 0) is 19.3 Å². The van der Waals surface area contributed by atoms with E-state index in [0.29, 0.717) is 17.6 Å². The smallest absolute Gasteiger partial charge is 0.344 e. The molecular weight excluding hydrogens is 300 g/mol. The van der Waals surface area contributed by atoms with Gasteiger partial charge < -0.3 is 14.8 Å². The van der Waals surface area contributed by atoms with Crippen molar-refractivity contribution in [3.8, 4) is 0 Å². The first kappa shape index (κ1) is 14.3. The summed E-state index contributed by atoms with van der Waals surface area (Å²) < 4.78 is 11.7. The first-order valence-electron chi connectivity index (χ1n) is 7.89. The molecule has 22 heavy (non-hydrogen) atoms. The third kappa shape index (κ3) is 1.95. The first-order valence-corrected chi connectivity index (χ1v) is 9.45. The topological polar surface area (TPSA) is 81.2 Å². The van der Waals surface area contributed by atoms with Crippen LogP contribution in [0.5, 0.6) is 0 Å². The van der Waals surface area contributed by atoms with Crippen LogP contribution in [0.3, 0.4) is 0 Å². The Labute approximate surface area is 132 Å². The van der Waals surface area contributed by atoms with Gasteiger partial charge in [-0.1, -0.05) is 12.8 Å². The summed E-state index contributed by atoms with van der Waals surface area (Å²) in [7, 11) is 0. The number of aromatic nitrogens is 2. The van der Waals surface area contributed by atoms with Gasteiger partial charge in [0, 0.05) is 41.9 Å². The highest BCUT2D eigenvalue weighted by Crippen LogP contribution is 2.45. The lowest BCUT2D eigenvalue weighted by Crippen LogP contribution is -2.56. The lowest BCUT2D eigenvalue weighted by Gasteiger charge is -2.38. The molecule has 1 aliphatic carbocycles. The Hall–Kier alpha value is -1.34. The molecule has 0 aromatic carbocycles. The molecule has 7 heteroatoms. The van der Waals surface area contributed by atoms with E-state index >= 15 is 0 Å². The third-order valence-corrected chi connectivity index (χ3v) is 5.90. The number of hydrogen-bond donors (Lipinski definition) is 1. The van der Waals surface area contributed by atoms with E-state index in [2.05, 4.69) is 20.2 Å². The van der Waals surface area contributed by atoms with Gasteiger partial charge in [0.2, 0.25) is 5.91 Å². The van der Waals surface area contributed by atoms with Crippen LogP contribution in [0.4, 0.5) is 5.82 Å². The molecule has 3 heterocycles. The highest BCUT2D eigenvalue weighted by atomic mass is 32.2. The Morgan fingerprint density at radius 3 is 2.86 bits per heavy atom. The Bertz CT molecular complexity index is 618. The second-order valence-electron chi connectivity index (χ2n) is 6.48. The first-order chi connectivity index (χ1) is 10.6. The Morgan fingerprint density at radius 2 is 2.23 bits per heavy atom. The molecule has 1 saturated carbocycles. The van der Waals surface area contributed by atoms with Gasteiger partial charge >= 0.3 is 5.16 Å². The number of nitrogens with one attached hydrogen (secondary N) is 1. The highest BCUT2D eigenvalue weighted by Gasteiger charge is 2.55. The minimum atomic E-state index is -1.21. The molecule has 0 bridgehead atoms. The monoisotopic (exact) mass is 320 g/mol. The van der Waals surface area contributed by atoms with E-state index < -0.39 is 16.7 Å². The van der Waals surface area contributed by atoms with Gasteiger partial charge in [0.05, 0.1) is 0 Å². The number of nitrogens with zero attached hydrogens (tertiary/aromatic N) is 3. The van der Waals surface area contributed by atoms with E-state index in [0.717, 1.165) is 37.2 Å². The largest absolute Gasteiger partial charge is 0.609 e. The van der Waals surface area contributed by atoms with Gasteiger partial charge in [-0.15, -0.1) is 0 Å². The number of carbonyl (C=O) groups excluding carboxylic acids is 1. The van der Waals surface area contributed by atoms with Gasteiger partial charge in [0.15, 0.2) is 0 Å². The SMILES string of the molecule is C[S+]([O-])c1ncc2c(n1)N(C1CCCC1)[C@]1(CCNC1=O)C2. The molecule has 1 aromatic heterocycles. The number of anilines is 1. The molecule has 4 rings (SSSR count). The fourth-order valence-electron chi connectivity index (χ4n) is 4.20. The standard InChI is InChI=1S/C15H20N4O2S/c1-22(21)14-17-9-10-8-15(6-7-16-13(15)20)19(12(10)18-14)11-4-2-3-5-11/h9,11H,2-8H2,1H3,(H,16,20)/t15-,22?/m1/s1. The quantitative estimate of drug-likeness (QED) is 0.643. The summed E-state index contributed by atoms with van der Waals surface area (Å²) in [5, 5.41) is 3.35. The zero-order valence-electron chi connectivity index (χ0n) is 12.7. The van der Waals surface area contributed by atoms with Crippen LogP contribution in [-0.2, 0) is 22.4 Å². The maximum atomic E-state index is 12.6. The summed E-state index contributed by atoms with van der Waals surface area (Å²) in [4.78, 5) is 23.6. The van der Waals surface area contributed by atoms with E-state index in [-0.39, 0.29) is 5.91 Å². The number of hydrogen-bond acceptors (Lipinski definition) is 5. The molecule has 1 amide bonds. The van der Waals surface area contributed by atoms with Crippen LogP contribution in [0.2, 0.25) is 0 Å². The highest BCUT2D eigenvalue weighted by molar-refractivity contribution is 7.90. The van der Waals surface area contributed by atoms with Crippen molar-refractivity contribution in [2.24, 2.45) is 0 Å². The predicted molar refractivity (Wildman–Crippen MR) is 83.2 cm³/mol. The average molecular weight is 320 g/mol. The summed E-state index contributed by atoms with van der Waals surface area (Å²) >= 11 is -1.21. The normalized spacial score (nSPS) is 29.2. The lowest BCUT2D eigenvalue weighted by atomic mass is 9.91. The van der Waals surface area contributed by atoms with Crippen molar-refractivity contribution in [3.63, 3.8) is 0 Å². The second kappa shape index (κ2) is 5.09. The number of fused-ring (bicyclic) bond motifs is 1. The molecular formula is C15H20N4O2S. The van der Waals surface area contributed by atoms with Gasteiger partial charge in [-0.25, -0.2) is 0 Å². The van der Waals surface area contributed by atoms with Gasteiger partial charge in [-0.3, -0.25) is 4.79 Å².